The molecule has 23 heavy (non-hydrogen) atoms. The molecule has 0 aliphatic rings. The van der Waals surface area contributed by atoms with E-state index < -0.39 is 17.8 Å². The second-order valence-corrected chi connectivity index (χ2v) is 5.10. The molecule has 2 nitrogen and oxygen atoms in total. The van der Waals surface area contributed by atoms with Gasteiger partial charge in [-0.3, -0.25) is 4.79 Å². The maximum absolute atomic E-state index is 12.7. The molecule has 2 aromatic rings. The van der Waals surface area contributed by atoms with Gasteiger partial charge in [0.05, 0.1) is 11.6 Å². The Balaban J connectivity index is 2.03. The summed E-state index contributed by atoms with van der Waals surface area (Å²) < 4.78 is 38.1. The molecule has 120 valence electrons. The van der Waals surface area contributed by atoms with Gasteiger partial charge < -0.3 is 5.32 Å². The van der Waals surface area contributed by atoms with Crippen molar-refractivity contribution in [2.24, 2.45) is 0 Å². The SMILES string of the molecule is CC(NC(=O)/C=C/c1ccccc1)c1cccc(C(F)(F)F)c1. The zero-order chi connectivity index (χ0) is 16.9. The summed E-state index contributed by atoms with van der Waals surface area (Å²) in [6.07, 6.45) is -1.39. The molecule has 2 aromatic carbocycles. The second-order valence-electron chi connectivity index (χ2n) is 5.10. The fourth-order valence-electron chi connectivity index (χ4n) is 2.07. The molecule has 0 bridgehead atoms. The van der Waals surface area contributed by atoms with E-state index in [1.807, 2.05) is 30.3 Å². The van der Waals surface area contributed by atoms with Crippen molar-refractivity contribution in [3.8, 4) is 0 Å². The predicted octanol–water partition coefficient (Wildman–Crippen LogP) is 4.60. The minimum Gasteiger partial charge on any atom is -0.346 e. The van der Waals surface area contributed by atoms with Crippen molar-refractivity contribution in [1.82, 2.24) is 5.32 Å². The van der Waals surface area contributed by atoms with Crippen LogP contribution in [0.1, 0.15) is 29.7 Å². The number of halogens is 3. The summed E-state index contributed by atoms with van der Waals surface area (Å²) in [5, 5.41) is 2.65. The molecule has 0 saturated carbocycles. The van der Waals surface area contributed by atoms with Crippen LogP contribution >= 0.6 is 0 Å². The smallest absolute Gasteiger partial charge is 0.346 e. The number of rotatable bonds is 4. The van der Waals surface area contributed by atoms with Crippen molar-refractivity contribution in [3.05, 3.63) is 77.4 Å². The summed E-state index contributed by atoms with van der Waals surface area (Å²) in [5.41, 5.74) is 0.548. The van der Waals surface area contributed by atoms with Crippen LogP contribution in [0.3, 0.4) is 0 Å². The number of hydrogen-bond donors (Lipinski definition) is 1. The normalized spacial score (nSPS) is 13.0. The molecule has 5 heteroatoms. The highest BCUT2D eigenvalue weighted by atomic mass is 19.4. The Hall–Kier alpha value is -2.56. The van der Waals surface area contributed by atoms with E-state index in [-0.39, 0.29) is 5.91 Å². The van der Waals surface area contributed by atoms with Gasteiger partial charge in [-0.1, -0.05) is 42.5 Å². The van der Waals surface area contributed by atoms with Gasteiger partial charge in [0, 0.05) is 6.08 Å². The Morgan fingerprint density at radius 1 is 1.09 bits per heavy atom. The Labute approximate surface area is 132 Å². The van der Waals surface area contributed by atoms with E-state index in [1.54, 1.807) is 19.1 Å². The lowest BCUT2D eigenvalue weighted by Gasteiger charge is -2.15. The maximum atomic E-state index is 12.7. The number of benzene rings is 2. The van der Waals surface area contributed by atoms with E-state index in [2.05, 4.69) is 5.32 Å². The molecule has 0 saturated heterocycles. The fraction of sp³-hybridized carbons (Fsp3) is 0.167. The third kappa shape index (κ3) is 4.98. The first-order valence-corrected chi connectivity index (χ1v) is 7.07. The predicted molar refractivity (Wildman–Crippen MR) is 83.5 cm³/mol. The molecule has 2 rings (SSSR count). The van der Waals surface area contributed by atoms with E-state index >= 15 is 0 Å². The highest BCUT2D eigenvalue weighted by molar-refractivity contribution is 5.91. The number of nitrogens with one attached hydrogen (secondary N) is 1. The number of alkyl halides is 3. The first-order chi connectivity index (χ1) is 10.9. The summed E-state index contributed by atoms with van der Waals surface area (Å²) in [7, 11) is 0. The second kappa shape index (κ2) is 7.13. The molecule has 1 amide bonds. The van der Waals surface area contributed by atoms with Crippen molar-refractivity contribution < 1.29 is 18.0 Å². The van der Waals surface area contributed by atoms with Crippen LogP contribution in [0.15, 0.2) is 60.7 Å². The zero-order valence-electron chi connectivity index (χ0n) is 12.5. The summed E-state index contributed by atoms with van der Waals surface area (Å²) in [6.45, 7) is 1.64. The minimum absolute atomic E-state index is 0.362. The number of carbonyl (C=O) groups excluding carboxylic acids is 1. The lowest BCUT2D eigenvalue weighted by Crippen LogP contribution is -2.24. The lowest BCUT2D eigenvalue weighted by atomic mass is 10.0. The fourth-order valence-corrected chi connectivity index (χ4v) is 2.07. The van der Waals surface area contributed by atoms with Crippen LogP contribution in [-0.4, -0.2) is 5.91 Å². The van der Waals surface area contributed by atoms with Gasteiger partial charge in [0.25, 0.3) is 0 Å². The third-order valence-corrected chi connectivity index (χ3v) is 3.30. The standard InChI is InChI=1S/C18H16F3NO/c1-13(15-8-5-9-16(12-15)18(19,20)21)22-17(23)11-10-14-6-3-2-4-7-14/h2-13H,1H3,(H,22,23)/b11-10+. The zero-order valence-corrected chi connectivity index (χ0v) is 12.5. The average Bonchev–Trinajstić information content (AvgIpc) is 2.53. The van der Waals surface area contributed by atoms with E-state index in [1.165, 1.54) is 12.1 Å². The van der Waals surface area contributed by atoms with Gasteiger partial charge in [0.15, 0.2) is 0 Å². The largest absolute Gasteiger partial charge is 0.416 e. The quantitative estimate of drug-likeness (QED) is 0.820. The van der Waals surface area contributed by atoms with Gasteiger partial charge in [0.1, 0.15) is 0 Å². The highest BCUT2D eigenvalue weighted by Crippen LogP contribution is 2.30. The molecule has 0 aromatic heterocycles. The van der Waals surface area contributed by atoms with Crippen LogP contribution in [0.4, 0.5) is 13.2 Å². The minimum atomic E-state index is -4.40. The Bertz CT molecular complexity index is 693. The summed E-state index contributed by atoms with van der Waals surface area (Å²) in [5.74, 6) is -0.362. The van der Waals surface area contributed by atoms with Crippen molar-refractivity contribution in [2.45, 2.75) is 19.1 Å². The molecule has 1 atom stereocenters. The van der Waals surface area contributed by atoms with Gasteiger partial charge in [-0.2, -0.15) is 13.2 Å². The topological polar surface area (TPSA) is 29.1 Å². The monoisotopic (exact) mass is 319 g/mol. The first-order valence-electron chi connectivity index (χ1n) is 7.07. The maximum Gasteiger partial charge on any atom is 0.416 e. The van der Waals surface area contributed by atoms with Gasteiger partial charge in [0.2, 0.25) is 5.91 Å². The first kappa shape index (κ1) is 16.8. The van der Waals surface area contributed by atoms with E-state index in [0.717, 1.165) is 17.7 Å². The van der Waals surface area contributed by atoms with Crippen LogP contribution in [0, 0.1) is 0 Å². The molecule has 0 heterocycles. The van der Waals surface area contributed by atoms with Crippen LogP contribution in [-0.2, 0) is 11.0 Å². The van der Waals surface area contributed by atoms with Crippen LogP contribution in [0.2, 0.25) is 0 Å². The summed E-state index contributed by atoms with van der Waals surface area (Å²) in [6, 6.07) is 13.7. The Kier molecular flexibility index (Phi) is 5.21. The van der Waals surface area contributed by atoms with Gasteiger partial charge in [-0.05, 0) is 36.3 Å². The van der Waals surface area contributed by atoms with Gasteiger partial charge in [-0.15, -0.1) is 0 Å². The van der Waals surface area contributed by atoms with Crippen LogP contribution in [0.5, 0.6) is 0 Å². The summed E-state index contributed by atoms with van der Waals surface area (Å²) in [4.78, 5) is 11.9. The average molecular weight is 319 g/mol. The lowest BCUT2D eigenvalue weighted by molar-refractivity contribution is -0.137. The van der Waals surface area contributed by atoms with E-state index in [0.29, 0.717) is 5.56 Å². The Morgan fingerprint density at radius 2 is 1.78 bits per heavy atom. The van der Waals surface area contributed by atoms with Crippen molar-refractivity contribution in [1.29, 1.82) is 0 Å². The molecule has 0 fully saturated rings. The van der Waals surface area contributed by atoms with Crippen LogP contribution < -0.4 is 5.32 Å². The molecular weight excluding hydrogens is 303 g/mol. The molecule has 0 aliphatic heterocycles. The summed E-state index contributed by atoms with van der Waals surface area (Å²) >= 11 is 0. The van der Waals surface area contributed by atoms with Crippen molar-refractivity contribution >= 4 is 12.0 Å². The van der Waals surface area contributed by atoms with Gasteiger partial charge >= 0.3 is 6.18 Å². The van der Waals surface area contributed by atoms with Crippen molar-refractivity contribution in [2.75, 3.05) is 0 Å². The molecule has 1 unspecified atom stereocenters. The Morgan fingerprint density at radius 3 is 2.43 bits per heavy atom. The van der Waals surface area contributed by atoms with Gasteiger partial charge in [-0.25, -0.2) is 0 Å². The number of carbonyl (C=O) groups is 1. The van der Waals surface area contributed by atoms with Crippen LogP contribution in [0.25, 0.3) is 6.08 Å². The highest BCUT2D eigenvalue weighted by Gasteiger charge is 2.30. The van der Waals surface area contributed by atoms with Crippen molar-refractivity contribution in [3.63, 3.8) is 0 Å². The molecular formula is C18H16F3NO. The molecule has 1 N–H and O–H groups in total. The van der Waals surface area contributed by atoms with E-state index in [9.17, 15) is 18.0 Å². The third-order valence-electron chi connectivity index (χ3n) is 3.30. The van der Waals surface area contributed by atoms with E-state index in [4.69, 9.17) is 0 Å². The number of amides is 1. The molecule has 0 spiro atoms. The molecule has 0 radical (unpaired) electrons. The number of hydrogen-bond acceptors (Lipinski definition) is 1. The molecule has 0 aliphatic carbocycles.